The van der Waals surface area contributed by atoms with Crippen LogP contribution in [0.4, 0.5) is 0 Å². The molecule has 0 saturated carbocycles. The summed E-state index contributed by atoms with van der Waals surface area (Å²) in [5.41, 5.74) is 5.66. The molecule has 0 fully saturated rings. The molecule has 3 aromatic rings. The molecule has 3 nitrogen and oxygen atoms in total. The Labute approximate surface area is 136 Å². The second-order valence-corrected chi connectivity index (χ2v) is 5.50. The van der Waals surface area contributed by atoms with E-state index in [2.05, 4.69) is 64.3 Å². The average molecular weight is 301 g/mol. The minimum atomic E-state index is 0.783. The number of hydrogen-bond donors (Lipinski definition) is 1. The molecule has 0 aliphatic heterocycles. The number of H-pyrrole nitrogens is 1. The van der Waals surface area contributed by atoms with Gasteiger partial charge in [-0.1, -0.05) is 36.3 Å². The highest BCUT2D eigenvalue weighted by atomic mass is 15.1. The highest BCUT2D eigenvalue weighted by molar-refractivity contribution is 5.30. The molecule has 1 aromatic carbocycles. The van der Waals surface area contributed by atoms with E-state index in [4.69, 9.17) is 0 Å². The summed E-state index contributed by atoms with van der Waals surface area (Å²) in [7, 11) is 0. The Bertz CT molecular complexity index is 823. The van der Waals surface area contributed by atoms with Gasteiger partial charge in [-0.15, -0.1) is 0 Å². The summed E-state index contributed by atoms with van der Waals surface area (Å²) in [6.45, 7) is 2.14. The maximum absolute atomic E-state index is 4.38. The second kappa shape index (κ2) is 7.42. The van der Waals surface area contributed by atoms with Gasteiger partial charge in [0.05, 0.1) is 5.69 Å². The Kier molecular flexibility index (Phi) is 4.85. The molecule has 0 bridgehead atoms. The SMILES string of the molecule is Cc1ccccc1Cc1cc(CCC#Cc2ccccn2)n[nH]1. The minimum Gasteiger partial charge on any atom is -0.282 e. The zero-order valence-corrected chi connectivity index (χ0v) is 13.2. The van der Waals surface area contributed by atoms with Gasteiger partial charge in [-0.2, -0.15) is 5.10 Å². The zero-order valence-electron chi connectivity index (χ0n) is 13.2. The van der Waals surface area contributed by atoms with Crippen LogP contribution in [0, 0.1) is 18.8 Å². The van der Waals surface area contributed by atoms with Crippen LogP contribution >= 0.6 is 0 Å². The van der Waals surface area contributed by atoms with Crippen LogP contribution in [-0.2, 0) is 12.8 Å². The number of aromatic nitrogens is 3. The van der Waals surface area contributed by atoms with Crippen molar-refractivity contribution in [2.45, 2.75) is 26.2 Å². The fourth-order valence-electron chi connectivity index (χ4n) is 2.42. The molecule has 0 aliphatic carbocycles. The van der Waals surface area contributed by atoms with Gasteiger partial charge < -0.3 is 0 Å². The van der Waals surface area contributed by atoms with Crippen molar-refractivity contribution in [3.63, 3.8) is 0 Å². The first kappa shape index (κ1) is 15.1. The monoisotopic (exact) mass is 301 g/mol. The van der Waals surface area contributed by atoms with E-state index < -0.39 is 0 Å². The van der Waals surface area contributed by atoms with Crippen LogP contribution in [0.25, 0.3) is 0 Å². The van der Waals surface area contributed by atoms with Crippen LogP contribution in [0.15, 0.2) is 54.7 Å². The molecule has 3 rings (SSSR count). The van der Waals surface area contributed by atoms with Crippen LogP contribution in [-0.4, -0.2) is 15.2 Å². The van der Waals surface area contributed by atoms with Crippen molar-refractivity contribution in [3.8, 4) is 11.8 Å². The fraction of sp³-hybridized carbons (Fsp3) is 0.200. The highest BCUT2D eigenvalue weighted by Crippen LogP contribution is 2.13. The number of pyridine rings is 1. The molecule has 0 radical (unpaired) electrons. The third-order valence-electron chi connectivity index (χ3n) is 3.71. The molecule has 0 saturated heterocycles. The second-order valence-electron chi connectivity index (χ2n) is 5.50. The van der Waals surface area contributed by atoms with Gasteiger partial charge in [0.1, 0.15) is 5.69 Å². The topological polar surface area (TPSA) is 41.6 Å². The van der Waals surface area contributed by atoms with Gasteiger partial charge in [0.2, 0.25) is 0 Å². The van der Waals surface area contributed by atoms with Crippen molar-refractivity contribution in [3.05, 3.63) is 82.9 Å². The van der Waals surface area contributed by atoms with Crippen LogP contribution in [0.1, 0.15) is 34.6 Å². The molecule has 2 heterocycles. The number of aromatic amines is 1. The predicted molar refractivity (Wildman–Crippen MR) is 92.0 cm³/mol. The largest absolute Gasteiger partial charge is 0.282 e. The fourth-order valence-corrected chi connectivity index (χ4v) is 2.42. The zero-order chi connectivity index (χ0) is 15.9. The van der Waals surface area contributed by atoms with Gasteiger partial charge in [-0.3, -0.25) is 5.10 Å². The molecule has 114 valence electrons. The molecule has 0 aliphatic rings. The van der Waals surface area contributed by atoms with E-state index in [-0.39, 0.29) is 0 Å². The van der Waals surface area contributed by atoms with Crippen LogP contribution in [0.3, 0.4) is 0 Å². The summed E-state index contributed by atoms with van der Waals surface area (Å²) in [5, 5.41) is 7.51. The molecule has 2 aromatic heterocycles. The predicted octanol–water partition coefficient (Wildman–Crippen LogP) is 3.69. The Hall–Kier alpha value is -2.86. The lowest BCUT2D eigenvalue weighted by atomic mass is 10.0. The first-order valence-corrected chi connectivity index (χ1v) is 7.79. The Morgan fingerprint density at radius 3 is 2.78 bits per heavy atom. The molecular weight excluding hydrogens is 282 g/mol. The smallest absolute Gasteiger partial charge is 0.113 e. The minimum absolute atomic E-state index is 0.783. The van der Waals surface area contributed by atoms with Crippen LogP contribution in [0.2, 0.25) is 0 Å². The number of benzene rings is 1. The normalized spacial score (nSPS) is 10.1. The third kappa shape index (κ3) is 4.31. The molecule has 23 heavy (non-hydrogen) atoms. The maximum atomic E-state index is 4.38. The number of nitrogens with zero attached hydrogens (tertiary/aromatic N) is 2. The summed E-state index contributed by atoms with van der Waals surface area (Å²) < 4.78 is 0. The summed E-state index contributed by atoms with van der Waals surface area (Å²) in [6.07, 6.45) is 4.28. The molecule has 0 amide bonds. The van der Waals surface area contributed by atoms with Gasteiger partial charge >= 0.3 is 0 Å². The average Bonchev–Trinajstić information content (AvgIpc) is 3.02. The molecule has 0 spiro atoms. The molecule has 3 heteroatoms. The van der Waals surface area contributed by atoms with Crippen LogP contribution in [0.5, 0.6) is 0 Å². The lowest BCUT2D eigenvalue weighted by Crippen LogP contribution is -1.91. The van der Waals surface area contributed by atoms with E-state index in [1.807, 2.05) is 18.2 Å². The molecule has 1 N–H and O–H groups in total. The first-order valence-electron chi connectivity index (χ1n) is 7.79. The van der Waals surface area contributed by atoms with Crippen LogP contribution < -0.4 is 0 Å². The van der Waals surface area contributed by atoms with Gasteiger partial charge in [0.15, 0.2) is 0 Å². The summed E-state index contributed by atoms with van der Waals surface area (Å²) in [4.78, 5) is 4.19. The van der Waals surface area contributed by atoms with E-state index in [0.29, 0.717) is 0 Å². The highest BCUT2D eigenvalue weighted by Gasteiger charge is 2.03. The van der Waals surface area contributed by atoms with Crippen molar-refractivity contribution in [2.24, 2.45) is 0 Å². The van der Waals surface area contributed by atoms with E-state index >= 15 is 0 Å². The number of aryl methyl sites for hydroxylation is 2. The lowest BCUT2D eigenvalue weighted by molar-refractivity contribution is 0.914. The quantitative estimate of drug-likeness (QED) is 0.747. The Balaban J connectivity index is 1.56. The van der Waals surface area contributed by atoms with E-state index in [1.54, 1.807) is 6.20 Å². The Morgan fingerprint density at radius 2 is 1.96 bits per heavy atom. The van der Waals surface area contributed by atoms with Crippen molar-refractivity contribution in [1.29, 1.82) is 0 Å². The van der Waals surface area contributed by atoms with Gasteiger partial charge in [0.25, 0.3) is 0 Å². The third-order valence-corrected chi connectivity index (χ3v) is 3.71. The van der Waals surface area contributed by atoms with Crippen molar-refractivity contribution < 1.29 is 0 Å². The number of nitrogens with one attached hydrogen (secondary N) is 1. The first-order chi connectivity index (χ1) is 11.3. The summed E-state index contributed by atoms with van der Waals surface area (Å²) in [6, 6.07) is 16.3. The maximum Gasteiger partial charge on any atom is 0.113 e. The van der Waals surface area contributed by atoms with E-state index in [1.165, 1.54) is 11.1 Å². The lowest BCUT2D eigenvalue weighted by Gasteiger charge is -2.02. The summed E-state index contributed by atoms with van der Waals surface area (Å²) in [5.74, 6) is 6.22. The molecular formula is C20H19N3. The van der Waals surface area contributed by atoms with Gasteiger partial charge in [-0.05, 0) is 42.2 Å². The number of rotatable bonds is 4. The van der Waals surface area contributed by atoms with Crippen molar-refractivity contribution in [2.75, 3.05) is 0 Å². The number of hydrogen-bond acceptors (Lipinski definition) is 2. The molecule has 0 unspecified atom stereocenters. The van der Waals surface area contributed by atoms with Gasteiger partial charge in [0, 0.05) is 31.2 Å². The van der Waals surface area contributed by atoms with Crippen molar-refractivity contribution in [1.82, 2.24) is 15.2 Å². The van der Waals surface area contributed by atoms with Gasteiger partial charge in [-0.25, -0.2) is 4.98 Å². The van der Waals surface area contributed by atoms with E-state index in [9.17, 15) is 0 Å². The summed E-state index contributed by atoms with van der Waals surface area (Å²) >= 11 is 0. The Morgan fingerprint density at radius 1 is 1.09 bits per heavy atom. The molecule has 0 atom stereocenters. The van der Waals surface area contributed by atoms with E-state index in [0.717, 1.165) is 36.3 Å². The van der Waals surface area contributed by atoms with Crippen molar-refractivity contribution >= 4 is 0 Å². The standard InChI is InChI=1S/C20H19N3/c1-16-8-2-3-9-17(16)14-20-15-19(22-23-20)12-5-4-10-18-11-6-7-13-21-18/h2-3,6-9,11,13,15H,5,12,14H2,1H3,(H,22,23).